The second kappa shape index (κ2) is 28.9. The molecule has 1 nitrogen and oxygen atoms in total. The molecular formula is C36H55N. The van der Waals surface area contributed by atoms with E-state index in [1.54, 1.807) is 0 Å². The number of hydrogen-bond donors (Lipinski definition) is 0. The normalized spacial score (nSPS) is 8.00. The molecule has 204 valence electrons. The maximum atomic E-state index is 2.31. The minimum absolute atomic E-state index is 1.15. The predicted octanol–water partition coefficient (Wildman–Crippen LogP) is 13.0. The molecule has 0 spiro atoms. The molecule has 0 heterocycles. The van der Waals surface area contributed by atoms with Crippen molar-refractivity contribution in [3.63, 3.8) is 0 Å². The molecule has 0 saturated heterocycles. The van der Waals surface area contributed by atoms with E-state index in [0.29, 0.717) is 0 Å². The summed E-state index contributed by atoms with van der Waals surface area (Å²) in [6.07, 6.45) is 0. The quantitative estimate of drug-likeness (QED) is 0.269. The Labute approximate surface area is 231 Å². The van der Waals surface area contributed by atoms with Gasteiger partial charge < -0.3 is 4.90 Å². The molecular weight excluding hydrogens is 446 g/mol. The van der Waals surface area contributed by atoms with Gasteiger partial charge in [0.25, 0.3) is 0 Å². The zero-order valence-corrected chi connectivity index (χ0v) is 25.9. The Bertz CT molecular complexity index is 892. The van der Waals surface area contributed by atoms with Gasteiger partial charge in [0.2, 0.25) is 0 Å². The molecule has 0 radical (unpaired) electrons. The lowest BCUT2D eigenvalue weighted by Crippen LogP contribution is -2.10. The van der Waals surface area contributed by atoms with Crippen molar-refractivity contribution in [2.75, 3.05) is 4.90 Å². The number of rotatable bonds is 4. The zero-order chi connectivity index (χ0) is 28.9. The minimum Gasteiger partial charge on any atom is -0.310 e. The van der Waals surface area contributed by atoms with E-state index in [9.17, 15) is 0 Å². The summed E-state index contributed by atoms with van der Waals surface area (Å²) in [6, 6.07) is 40.1. The van der Waals surface area contributed by atoms with Gasteiger partial charge in [-0.05, 0) is 35.9 Å². The van der Waals surface area contributed by atoms with Gasteiger partial charge >= 0.3 is 0 Å². The molecule has 1 heteroatoms. The van der Waals surface area contributed by atoms with Gasteiger partial charge in [0.1, 0.15) is 0 Å². The molecule has 4 aromatic carbocycles. The van der Waals surface area contributed by atoms with E-state index in [2.05, 4.69) is 120 Å². The average molecular weight is 502 g/mol. The van der Waals surface area contributed by atoms with Crippen molar-refractivity contribution in [3.8, 4) is 11.1 Å². The van der Waals surface area contributed by atoms with Crippen molar-refractivity contribution in [1.82, 2.24) is 0 Å². The maximum Gasteiger partial charge on any atom is 0.0540 e. The van der Waals surface area contributed by atoms with Crippen LogP contribution in [0.1, 0.15) is 83.1 Å². The largest absolute Gasteiger partial charge is 0.310 e. The third-order valence-electron chi connectivity index (χ3n) is 4.26. The fourth-order valence-corrected chi connectivity index (χ4v) is 3.11. The van der Waals surface area contributed by atoms with Crippen LogP contribution in [0.15, 0.2) is 115 Å². The summed E-state index contributed by atoms with van der Waals surface area (Å²) in [6.45, 7) is 24.0. The first-order valence-corrected chi connectivity index (χ1v) is 14.5. The number of nitrogens with zero attached hydrogens (tertiary/aromatic N) is 1. The highest BCUT2D eigenvalue weighted by Crippen LogP contribution is 2.40. The van der Waals surface area contributed by atoms with Crippen LogP contribution in [-0.4, -0.2) is 0 Å². The van der Waals surface area contributed by atoms with Gasteiger partial charge in [-0.1, -0.05) is 168 Å². The third-order valence-corrected chi connectivity index (χ3v) is 4.26. The topological polar surface area (TPSA) is 3.24 Å². The fourth-order valence-electron chi connectivity index (χ4n) is 3.11. The lowest BCUT2D eigenvalue weighted by molar-refractivity contribution is 1.28. The van der Waals surface area contributed by atoms with Gasteiger partial charge in [0.05, 0.1) is 5.69 Å². The van der Waals surface area contributed by atoms with E-state index in [0.717, 1.165) is 11.4 Å². The maximum absolute atomic E-state index is 2.31. The van der Waals surface area contributed by atoms with Crippen LogP contribution in [0, 0.1) is 0 Å². The Hall–Kier alpha value is -3.32. The molecule has 0 amide bonds. The lowest BCUT2D eigenvalue weighted by atomic mass is 10.0. The van der Waals surface area contributed by atoms with Gasteiger partial charge in [-0.15, -0.1) is 0 Å². The molecule has 0 atom stereocenters. The molecule has 0 aromatic heterocycles. The van der Waals surface area contributed by atoms with Gasteiger partial charge in [-0.3, -0.25) is 0 Å². The van der Waals surface area contributed by atoms with Gasteiger partial charge in [-0.2, -0.15) is 0 Å². The Morgan fingerprint density at radius 1 is 0.324 bits per heavy atom. The summed E-state index contributed by atoms with van der Waals surface area (Å²) in [5.41, 5.74) is 5.91. The third kappa shape index (κ3) is 13.5. The number of benzene rings is 4. The molecule has 37 heavy (non-hydrogen) atoms. The number of hydrogen-bond acceptors (Lipinski definition) is 1. The van der Waals surface area contributed by atoms with E-state index in [1.165, 1.54) is 16.8 Å². The Balaban J connectivity index is -0.000000852. The lowest BCUT2D eigenvalue weighted by Gasteiger charge is -2.27. The monoisotopic (exact) mass is 501 g/mol. The van der Waals surface area contributed by atoms with Crippen LogP contribution < -0.4 is 4.90 Å². The van der Waals surface area contributed by atoms with Crippen LogP contribution in [0.4, 0.5) is 17.1 Å². The highest BCUT2D eigenvalue weighted by Gasteiger charge is 2.15. The molecule has 4 aromatic rings. The van der Waals surface area contributed by atoms with Crippen molar-refractivity contribution in [2.24, 2.45) is 0 Å². The van der Waals surface area contributed by atoms with Crippen LogP contribution in [0.2, 0.25) is 0 Å². The Morgan fingerprint density at radius 3 is 1.00 bits per heavy atom. The molecule has 0 aliphatic carbocycles. The predicted molar refractivity (Wildman–Crippen MR) is 175 cm³/mol. The highest BCUT2D eigenvalue weighted by molar-refractivity contribution is 5.87. The summed E-state index contributed by atoms with van der Waals surface area (Å²) in [5, 5.41) is 0. The van der Waals surface area contributed by atoms with Crippen molar-refractivity contribution >= 4 is 17.1 Å². The van der Waals surface area contributed by atoms with Gasteiger partial charge in [0.15, 0.2) is 0 Å². The van der Waals surface area contributed by atoms with Crippen molar-refractivity contribution in [2.45, 2.75) is 83.1 Å². The van der Waals surface area contributed by atoms with Crippen LogP contribution in [0.3, 0.4) is 0 Å². The van der Waals surface area contributed by atoms with Crippen molar-refractivity contribution in [1.29, 1.82) is 0 Å². The summed E-state index contributed by atoms with van der Waals surface area (Å²) in [7, 11) is 0. The summed E-state index contributed by atoms with van der Waals surface area (Å²) in [4.78, 5) is 2.31. The number of para-hydroxylation sites is 3. The average Bonchev–Trinajstić information content (AvgIpc) is 3.05. The molecule has 0 N–H and O–H groups in total. The highest BCUT2D eigenvalue weighted by atomic mass is 15.1. The molecule has 0 saturated carbocycles. The Kier molecular flexibility index (Phi) is 29.9. The second-order valence-corrected chi connectivity index (χ2v) is 5.89. The molecule has 0 unspecified atom stereocenters. The number of anilines is 3. The standard InChI is InChI=1S/C24H19N.6C2H6/c1-4-12-20(13-5-1)23-18-10-11-19-24(23)25(21-14-6-2-7-15-21)22-16-8-3-9-17-22;6*1-2/h1-19H;6*1-2H3. The first-order chi connectivity index (χ1) is 18.4. The molecule has 4 rings (SSSR count). The second-order valence-electron chi connectivity index (χ2n) is 5.89. The molecule has 0 aliphatic heterocycles. The van der Waals surface area contributed by atoms with Crippen LogP contribution in [0.5, 0.6) is 0 Å². The van der Waals surface area contributed by atoms with E-state index in [4.69, 9.17) is 0 Å². The van der Waals surface area contributed by atoms with E-state index < -0.39 is 0 Å². The fraction of sp³-hybridized carbons (Fsp3) is 0.333. The van der Waals surface area contributed by atoms with Crippen molar-refractivity contribution < 1.29 is 0 Å². The van der Waals surface area contributed by atoms with E-state index in [1.807, 2.05) is 83.1 Å². The summed E-state index contributed by atoms with van der Waals surface area (Å²) in [5.74, 6) is 0. The van der Waals surface area contributed by atoms with Crippen LogP contribution in [0.25, 0.3) is 11.1 Å². The van der Waals surface area contributed by atoms with Crippen LogP contribution in [-0.2, 0) is 0 Å². The Morgan fingerprint density at radius 2 is 0.622 bits per heavy atom. The van der Waals surface area contributed by atoms with Gasteiger partial charge in [-0.25, -0.2) is 0 Å². The van der Waals surface area contributed by atoms with E-state index in [-0.39, 0.29) is 0 Å². The van der Waals surface area contributed by atoms with Gasteiger partial charge in [0, 0.05) is 16.9 Å². The molecule has 0 fully saturated rings. The first-order valence-electron chi connectivity index (χ1n) is 14.5. The summed E-state index contributed by atoms with van der Waals surface area (Å²) < 4.78 is 0. The zero-order valence-electron chi connectivity index (χ0n) is 25.9. The smallest absolute Gasteiger partial charge is 0.0540 e. The minimum atomic E-state index is 1.15. The van der Waals surface area contributed by atoms with E-state index >= 15 is 0 Å². The first kappa shape index (κ1) is 38.2. The van der Waals surface area contributed by atoms with Crippen LogP contribution >= 0.6 is 0 Å². The van der Waals surface area contributed by atoms with Crippen molar-refractivity contribution in [3.05, 3.63) is 115 Å². The molecule has 0 aliphatic rings. The SMILES string of the molecule is CC.CC.CC.CC.CC.CC.c1ccc(-c2ccccc2N(c2ccccc2)c2ccccc2)cc1. The summed E-state index contributed by atoms with van der Waals surface area (Å²) >= 11 is 0. The molecule has 0 bridgehead atoms.